The number of methoxy groups -OCH3 is 1. The summed E-state index contributed by atoms with van der Waals surface area (Å²) >= 11 is 8.02. The minimum atomic E-state index is 0.177. The number of ether oxygens (including phenoxy) is 1. The number of hydrogen-bond donors (Lipinski definition) is 1. The molecule has 0 amide bonds. The van der Waals surface area contributed by atoms with Gasteiger partial charge in [0, 0.05) is 28.8 Å². The summed E-state index contributed by atoms with van der Waals surface area (Å²) in [6, 6.07) is 6.19. The Morgan fingerprint density at radius 1 is 1.47 bits per heavy atom. The van der Waals surface area contributed by atoms with E-state index in [1.165, 1.54) is 10.5 Å². The summed E-state index contributed by atoms with van der Waals surface area (Å²) in [6.07, 6.45) is 1.80. The maximum absolute atomic E-state index is 6.24. The molecule has 0 aliphatic carbocycles. The second-order valence-electron chi connectivity index (χ2n) is 3.93. The van der Waals surface area contributed by atoms with Gasteiger partial charge in [-0.25, -0.2) is 0 Å². The molecule has 1 aromatic rings. The van der Waals surface area contributed by atoms with Crippen molar-refractivity contribution in [2.45, 2.75) is 30.7 Å². The normalized spacial score (nSPS) is 12.7. The standard InChI is InChI=1S/C13H20ClNOS/c1-3-10(15)9-11-12(14)5-4-6-13(11)17-8-7-16-2/h4-6,10H,3,7-9,15H2,1-2H3. The Labute approximate surface area is 113 Å². The maximum Gasteiger partial charge on any atom is 0.0556 e. The average Bonchev–Trinajstić information content (AvgIpc) is 2.33. The number of nitrogens with two attached hydrogens (primary N) is 1. The van der Waals surface area contributed by atoms with Crippen LogP contribution in [0, 0.1) is 0 Å². The van der Waals surface area contributed by atoms with Crippen LogP contribution in [-0.4, -0.2) is 25.5 Å². The first-order valence-electron chi connectivity index (χ1n) is 5.83. The van der Waals surface area contributed by atoms with Crippen LogP contribution in [0.1, 0.15) is 18.9 Å². The first kappa shape index (κ1) is 14.8. The topological polar surface area (TPSA) is 35.2 Å². The Balaban J connectivity index is 2.76. The van der Waals surface area contributed by atoms with Crippen molar-refractivity contribution >= 4 is 23.4 Å². The Morgan fingerprint density at radius 3 is 2.88 bits per heavy atom. The van der Waals surface area contributed by atoms with Gasteiger partial charge in [0.05, 0.1) is 6.61 Å². The molecule has 1 atom stereocenters. The molecule has 2 N–H and O–H groups in total. The van der Waals surface area contributed by atoms with E-state index in [0.717, 1.165) is 30.2 Å². The molecule has 0 fully saturated rings. The second-order valence-corrected chi connectivity index (χ2v) is 5.47. The van der Waals surface area contributed by atoms with Gasteiger partial charge in [0.1, 0.15) is 0 Å². The second kappa shape index (κ2) is 7.98. The average molecular weight is 274 g/mol. The summed E-state index contributed by atoms with van der Waals surface area (Å²) in [5.41, 5.74) is 7.18. The highest BCUT2D eigenvalue weighted by Gasteiger charge is 2.10. The van der Waals surface area contributed by atoms with Crippen LogP contribution in [0.25, 0.3) is 0 Å². The molecule has 0 heterocycles. The third kappa shape index (κ3) is 4.88. The van der Waals surface area contributed by atoms with Gasteiger partial charge < -0.3 is 10.5 Å². The van der Waals surface area contributed by atoms with Crippen molar-refractivity contribution in [2.75, 3.05) is 19.5 Å². The lowest BCUT2D eigenvalue weighted by molar-refractivity contribution is 0.218. The minimum absolute atomic E-state index is 0.177. The van der Waals surface area contributed by atoms with Crippen molar-refractivity contribution in [3.63, 3.8) is 0 Å². The molecule has 1 unspecified atom stereocenters. The van der Waals surface area contributed by atoms with Crippen molar-refractivity contribution in [3.05, 3.63) is 28.8 Å². The first-order valence-corrected chi connectivity index (χ1v) is 7.20. The van der Waals surface area contributed by atoms with Crippen molar-refractivity contribution in [3.8, 4) is 0 Å². The third-order valence-electron chi connectivity index (χ3n) is 2.61. The Kier molecular flexibility index (Phi) is 6.97. The summed E-state index contributed by atoms with van der Waals surface area (Å²) < 4.78 is 5.06. The summed E-state index contributed by atoms with van der Waals surface area (Å²) in [5, 5.41) is 0.816. The number of rotatable bonds is 7. The SMILES string of the molecule is CCC(N)Cc1c(Cl)cccc1SCCOC. The molecular formula is C13H20ClNOS. The summed E-state index contributed by atoms with van der Waals surface area (Å²) in [5.74, 6) is 0.936. The lowest BCUT2D eigenvalue weighted by Crippen LogP contribution is -2.22. The summed E-state index contributed by atoms with van der Waals surface area (Å²) in [4.78, 5) is 1.22. The zero-order valence-electron chi connectivity index (χ0n) is 10.4. The van der Waals surface area contributed by atoms with E-state index in [0.29, 0.717) is 0 Å². The van der Waals surface area contributed by atoms with Crippen LogP contribution in [0.3, 0.4) is 0 Å². The monoisotopic (exact) mass is 273 g/mol. The number of benzene rings is 1. The number of halogens is 1. The quantitative estimate of drug-likeness (QED) is 0.611. The molecule has 96 valence electrons. The largest absolute Gasteiger partial charge is 0.384 e. The molecule has 0 aliphatic rings. The van der Waals surface area contributed by atoms with Crippen LogP contribution >= 0.6 is 23.4 Å². The molecule has 0 aromatic heterocycles. The van der Waals surface area contributed by atoms with Crippen LogP contribution in [0.4, 0.5) is 0 Å². The lowest BCUT2D eigenvalue weighted by Gasteiger charge is -2.14. The fraction of sp³-hybridized carbons (Fsp3) is 0.538. The molecule has 1 rings (SSSR count). The Hall–Kier alpha value is -0.220. The maximum atomic E-state index is 6.24. The lowest BCUT2D eigenvalue weighted by atomic mass is 10.0. The van der Waals surface area contributed by atoms with Crippen LogP contribution < -0.4 is 5.73 Å². The molecule has 0 spiro atoms. The van der Waals surface area contributed by atoms with Gasteiger partial charge in [-0.2, -0.15) is 0 Å². The number of thioether (sulfide) groups is 1. The van der Waals surface area contributed by atoms with Crippen molar-refractivity contribution < 1.29 is 4.74 Å². The van der Waals surface area contributed by atoms with Crippen LogP contribution in [-0.2, 0) is 11.2 Å². The Bertz CT molecular complexity index is 346. The minimum Gasteiger partial charge on any atom is -0.384 e. The van der Waals surface area contributed by atoms with E-state index in [2.05, 4.69) is 13.0 Å². The number of hydrogen-bond acceptors (Lipinski definition) is 3. The van der Waals surface area contributed by atoms with Gasteiger partial charge in [0.15, 0.2) is 0 Å². The smallest absolute Gasteiger partial charge is 0.0556 e. The van der Waals surface area contributed by atoms with E-state index in [-0.39, 0.29) is 6.04 Å². The third-order valence-corrected chi connectivity index (χ3v) is 4.03. The molecule has 17 heavy (non-hydrogen) atoms. The molecule has 2 nitrogen and oxygen atoms in total. The van der Waals surface area contributed by atoms with Gasteiger partial charge in [-0.1, -0.05) is 24.6 Å². The van der Waals surface area contributed by atoms with E-state index >= 15 is 0 Å². The molecule has 0 bridgehead atoms. The van der Waals surface area contributed by atoms with Gasteiger partial charge in [0.2, 0.25) is 0 Å². The zero-order chi connectivity index (χ0) is 12.7. The van der Waals surface area contributed by atoms with Crippen LogP contribution in [0.2, 0.25) is 5.02 Å². The van der Waals surface area contributed by atoms with Gasteiger partial charge >= 0.3 is 0 Å². The van der Waals surface area contributed by atoms with Crippen LogP contribution in [0.5, 0.6) is 0 Å². The van der Waals surface area contributed by atoms with Crippen molar-refractivity contribution in [1.82, 2.24) is 0 Å². The van der Waals surface area contributed by atoms with Gasteiger partial charge in [-0.15, -0.1) is 11.8 Å². The van der Waals surface area contributed by atoms with Gasteiger partial charge in [-0.3, -0.25) is 0 Å². The Morgan fingerprint density at radius 2 is 2.24 bits per heavy atom. The summed E-state index contributed by atoms with van der Waals surface area (Å²) in [6.45, 7) is 2.84. The molecule has 0 radical (unpaired) electrons. The van der Waals surface area contributed by atoms with Crippen LogP contribution in [0.15, 0.2) is 23.1 Å². The van der Waals surface area contributed by atoms with Gasteiger partial charge in [0.25, 0.3) is 0 Å². The van der Waals surface area contributed by atoms with E-state index in [9.17, 15) is 0 Å². The first-order chi connectivity index (χ1) is 8.19. The summed E-state index contributed by atoms with van der Waals surface area (Å²) in [7, 11) is 1.71. The fourth-order valence-corrected chi connectivity index (χ4v) is 2.83. The highest BCUT2D eigenvalue weighted by Crippen LogP contribution is 2.29. The van der Waals surface area contributed by atoms with E-state index < -0.39 is 0 Å². The molecule has 0 aliphatic heterocycles. The molecular weight excluding hydrogens is 254 g/mol. The van der Waals surface area contributed by atoms with Gasteiger partial charge in [-0.05, 0) is 30.5 Å². The van der Waals surface area contributed by atoms with Crippen molar-refractivity contribution in [1.29, 1.82) is 0 Å². The molecule has 0 saturated carbocycles. The highest BCUT2D eigenvalue weighted by molar-refractivity contribution is 7.99. The van der Waals surface area contributed by atoms with E-state index in [4.69, 9.17) is 22.1 Å². The van der Waals surface area contributed by atoms with Crippen molar-refractivity contribution in [2.24, 2.45) is 5.73 Å². The highest BCUT2D eigenvalue weighted by atomic mass is 35.5. The molecule has 1 aromatic carbocycles. The molecule has 0 saturated heterocycles. The fourth-order valence-electron chi connectivity index (χ4n) is 1.51. The molecule has 4 heteroatoms. The zero-order valence-corrected chi connectivity index (χ0v) is 12.0. The van der Waals surface area contributed by atoms with E-state index in [1.807, 2.05) is 12.1 Å². The predicted octanol–water partition coefficient (Wildman–Crippen LogP) is 3.36. The van der Waals surface area contributed by atoms with E-state index in [1.54, 1.807) is 18.9 Å². The predicted molar refractivity (Wildman–Crippen MR) is 76.0 cm³/mol.